The minimum Gasteiger partial charge on any atom is -0.461 e. The van der Waals surface area contributed by atoms with Crippen LogP contribution in [0.2, 0.25) is 0 Å². The fourth-order valence-corrected chi connectivity index (χ4v) is 1.91. The Bertz CT molecular complexity index is 408. The third kappa shape index (κ3) is 2.74. The fraction of sp³-hybridized carbons (Fsp3) is 0.500. The maximum atomic E-state index is 11.5. The molecule has 1 aromatic rings. The van der Waals surface area contributed by atoms with Crippen LogP contribution in [0.5, 0.6) is 0 Å². The lowest BCUT2D eigenvalue weighted by molar-refractivity contribution is 0.0519. The van der Waals surface area contributed by atoms with E-state index in [0.29, 0.717) is 12.3 Å². The molecule has 0 aromatic carbocycles. The smallest absolute Gasteiger partial charge is 0.356 e. The molecule has 1 fully saturated rings. The van der Waals surface area contributed by atoms with Crippen molar-refractivity contribution in [2.75, 3.05) is 24.6 Å². The molecule has 2 rings (SSSR count). The quantitative estimate of drug-likeness (QED) is 0.785. The number of aromatic nitrogens is 1. The first-order valence-electron chi connectivity index (χ1n) is 5.85. The highest BCUT2D eigenvalue weighted by molar-refractivity contribution is 5.87. The van der Waals surface area contributed by atoms with Crippen LogP contribution in [0.25, 0.3) is 0 Å². The van der Waals surface area contributed by atoms with E-state index in [1.807, 2.05) is 12.1 Å². The molecule has 0 aliphatic carbocycles. The molecule has 92 valence electrons. The molecule has 5 nitrogen and oxygen atoms in total. The molecule has 0 spiro atoms. The predicted molar refractivity (Wildman–Crippen MR) is 65.0 cm³/mol. The first kappa shape index (κ1) is 11.9. The molecule has 0 saturated carbocycles. The van der Waals surface area contributed by atoms with Crippen LogP contribution in [0.15, 0.2) is 18.2 Å². The lowest BCUT2D eigenvalue weighted by Gasteiger charge is -2.17. The molecule has 17 heavy (non-hydrogen) atoms. The first-order chi connectivity index (χ1) is 8.20. The minimum atomic E-state index is -0.377. The average Bonchev–Trinajstić information content (AvgIpc) is 2.76. The second kappa shape index (κ2) is 5.14. The van der Waals surface area contributed by atoms with Crippen LogP contribution in [-0.2, 0) is 4.74 Å². The molecule has 5 heteroatoms. The normalized spacial score (nSPS) is 19.4. The molecular weight excluding hydrogens is 218 g/mol. The topological polar surface area (TPSA) is 68.5 Å². The van der Waals surface area contributed by atoms with Crippen LogP contribution >= 0.6 is 0 Å². The van der Waals surface area contributed by atoms with Gasteiger partial charge in [-0.15, -0.1) is 0 Å². The second-order valence-corrected chi connectivity index (χ2v) is 4.10. The molecule has 1 unspecified atom stereocenters. The Morgan fingerprint density at radius 3 is 3.12 bits per heavy atom. The van der Waals surface area contributed by atoms with Crippen molar-refractivity contribution in [3.8, 4) is 0 Å². The van der Waals surface area contributed by atoms with Gasteiger partial charge in [-0.2, -0.15) is 0 Å². The van der Waals surface area contributed by atoms with Gasteiger partial charge in [-0.05, 0) is 25.5 Å². The predicted octanol–water partition coefficient (Wildman–Crippen LogP) is 0.796. The molecule has 0 amide bonds. The average molecular weight is 235 g/mol. The van der Waals surface area contributed by atoms with Crippen LogP contribution in [0, 0.1) is 0 Å². The Hall–Kier alpha value is -1.62. The van der Waals surface area contributed by atoms with Gasteiger partial charge in [-0.25, -0.2) is 9.78 Å². The SMILES string of the molecule is CCOC(=O)c1cccc(N2CCC(N)C2)n1. The fourth-order valence-electron chi connectivity index (χ4n) is 1.91. The van der Waals surface area contributed by atoms with E-state index in [0.717, 1.165) is 25.3 Å². The highest BCUT2D eigenvalue weighted by Crippen LogP contribution is 2.17. The van der Waals surface area contributed by atoms with Crippen molar-refractivity contribution in [3.63, 3.8) is 0 Å². The summed E-state index contributed by atoms with van der Waals surface area (Å²) < 4.78 is 4.92. The molecule has 1 aromatic heterocycles. The third-order valence-electron chi connectivity index (χ3n) is 2.77. The summed E-state index contributed by atoms with van der Waals surface area (Å²) in [5.41, 5.74) is 6.20. The standard InChI is InChI=1S/C12H17N3O2/c1-2-17-12(16)10-4-3-5-11(14-10)15-7-6-9(13)8-15/h3-5,9H,2,6-8,13H2,1H3. The number of carbonyl (C=O) groups is 1. The number of nitrogens with two attached hydrogens (primary N) is 1. The van der Waals surface area contributed by atoms with Gasteiger partial charge in [0.25, 0.3) is 0 Å². The Balaban J connectivity index is 2.14. The lowest BCUT2D eigenvalue weighted by Crippen LogP contribution is -2.27. The zero-order valence-electron chi connectivity index (χ0n) is 9.93. The molecule has 1 atom stereocenters. The van der Waals surface area contributed by atoms with E-state index in [2.05, 4.69) is 9.88 Å². The number of hydrogen-bond donors (Lipinski definition) is 1. The zero-order chi connectivity index (χ0) is 12.3. The number of hydrogen-bond acceptors (Lipinski definition) is 5. The number of ether oxygens (including phenoxy) is 1. The number of pyridine rings is 1. The summed E-state index contributed by atoms with van der Waals surface area (Å²) in [5, 5.41) is 0. The van der Waals surface area contributed by atoms with Crippen LogP contribution in [-0.4, -0.2) is 36.7 Å². The lowest BCUT2D eigenvalue weighted by atomic mass is 10.3. The van der Waals surface area contributed by atoms with E-state index in [4.69, 9.17) is 10.5 Å². The molecule has 2 heterocycles. The van der Waals surface area contributed by atoms with Crippen molar-refractivity contribution in [2.24, 2.45) is 5.73 Å². The Morgan fingerprint density at radius 2 is 2.47 bits per heavy atom. The Morgan fingerprint density at radius 1 is 1.65 bits per heavy atom. The van der Waals surface area contributed by atoms with Crippen molar-refractivity contribution < 1.29 is 9.53 Å². The van der Waals surface area contributed by atoms with Crippen molar-refractivity contribution in [2.45, 2.75) is 19.4 Å². The maximum absolute atomic E-state index is 11.5. The van der Waals surface area contributed by atoms with E-state index < -0.39 is 0 Å². The van der Waals surface area contributed by atoms with Gasteiger partial charge in [0.1, 0.15) is 5.82 Å². The molecule has 1 aliphatic rings. The summed E-state index contributed by atoms with van der Waals surface area (Å²) in [6, 6.07) is 5.57. The third-order valence-corrected chi connectivity index (χ3v) is 2.77. The van der Waals surface area contributed by atoms with Crippen LogP contribution in [0.3, 0.4) is 0 Å². The van der Waals surface area contributed by atoms with E-state index in [-0.39, 0.29) is 12.0 Å². The molecule has 0 radical (unpaired) electrons. The number of rotatable bonds is 3. The first-order valence-corrected chi connectivity index (χ1v) is 5.85. The highest BCUT2D eigenvalue weighted by atomic mass is 16.5. The number of nitrogens with zero attached hydrogens (tertiary/aromatic N) is 2. The summed E-state index contributed by atoms with van der Waals surface area (Å²) in [4.78, 5) is 17.9. The molecular formula is C12H17N3O2. The van der Waals surface area contributed by atoms with Crippen molar-refractivity contribution in [1.29, 1.82) is 0 Å². The van der Waals surface area contributed by atoms with Gasteiger partial charge in [-0.3, -0.25) is 0 Å². The van der Waals surface area contributed by atoms with Gasteiger partial charge in [-0.1, -0.05) is 6.07 Å². The number of anilines is 1. The Labute approximate surface area is 101 Å². The minimum absolute atomic E-state index is 0.197. The number of esters is 1. The van der Waals surface area contributed by atoms with Gasteiger partial charge in [0.15, 0.2) is 5.69 Å². The van der Waals surface area contributed by atoms with Crippen molar-refractivity contribution >= 4 is 11.8 Å². The van der Waals surface area contributed by atoms with Gasteiger partial charge >= 0.3 is 5.97 Å². The van der Waals surface area contributed by atoms with Crippen LogP contribution < -0.4 is 10.6 Å². The van der Waals surface area contributed by atoms with Crippen molar-refractivity contribution in [3.05, 3.63) is 23.9 Å². The summed E-state index contributed by atoms with van der Waals surface area (Å²) in [6.07, 6.45) is 0.964. The van der Waals surface area contributed by atoms with Crippen LogP contribution in [0.4, 0.5) is 5.82 Å². The molecule has 0 bridgehead atoms. The zero-order valence-corrected chi connectivity index (χ0v) is 9.93. The van der Waals surface area contributed by atoms with Crippen molar-refractivity contribution in [1.82, 2.24) is 4.98 Å². The highest BCUT2D eigenvalue weighted by Gasteiger charge is 2.21. The maximum Gasteiger partial charge on any atom is 0.356 e. The molecule has 1 saturated heterocycles. The van der Waals surface area contributed by atoms with E-state index in [9.17, 15) is 4.79 Å². The van der Waals surface area contributed by atoms with Gasteiger partial charge in [0.05, 0.1) is 6.61 Å². The van der Waals surface area contributed by atoms with Crippen LogP contribution in [0.1, 0.15) is 23.8 Å². The van der Waals surface area contributed by atoms with E-state index >= 15 is 0 Å². The van der Waals surface area contributed by atoms with E-state index in [1.165, 1.54) is 0 Å². The monoisotopic (exact) mass is 235 g/mol. The summed E-state index contributed by atoms with van der Waals surface area (Å²) in [5.74, 6) is 0.418. The summed E-state index contributed by atoms with van der Waals surface area (Å²) >= 11 is 0. The van der Waals surface area contributed by atoms with E-state index in [1.54, 1.807) is 13.0 Å². The van der Waals surface area contributed by atoms with Gasteiger partial charge < -0.3 is 15.4 Å². The second-order valence-electron chi connectivity index (χ2n) is 4.10. The number of carbonyl (C=O) groups excluding carboxylic acids is 1. The van der Waals surface area contributed by atoms with Gasteiger partial charge in [0, 0.05) is 19.1 Å². The molecule has 2 N–H and O–H groups in total. The largest absolute Gasteiger partial charge is 0.461 e. The molecule has 1 aliphatic heterocycles. The Kier molecular flexibility index (Phi) is 3.58. The summed E-state index contributed by atoms with van der Waals surface area (Å²) in [7, 11) is 0. The van der Waals surface area contributed by atoms with Gasteiger partial charge in [0.2, 0.25) is 0 Å². The summed E-state index contributed by atoms with van der Waals surface area (Å²) in [6.45, 7) is 3.82.